The minimum Gasteiger partial charge on any atom is -0.384 e. The SMILES string of the molecule is Cc1cc(C)cc(NCC2(CN)CCC2)c1. The van der Waals surface area contributed by atoms with Crippen LogP contribution in [-0.4, -0.2) is 13.1 Å². The van der Waals surface area contributed by atoms with Crippen molar-refractivity contribution in [3.63, 3.8) is 0 Å². The second-order valence-electron chi connectivity index (χ2n) is 5.29. The Labute approximate surface area is 98.2 Å². The molecule has 1 aliphatic carbocycles. The van der Waals surface area contributed by atoms with Crippen molar-refractivity contribution < 1.29 is 0 Å². The number of anilines is 1. The van der Waals surface area contributed by atoms with Gasteiger partial charge in [0.15, 0.2) is 0 Å². The Morgan fingerprint density at radius 2 is 1.81 bits per heavy atom. The molecule has 0 aliphatic heterocycles. The summed E-state index contributed by atoms with van der Waals surface area (Å²) in [5, 5.41) is 3.54. The largest absolute Gasteiger partial charge is 0.384 e. The van der Waals surface area contributed by atoms with E-state index in [1.54, 1.807) is 0 Å². The van der Waals surface area contributed by atoms with E-state index in [-0.39, 0.29) is 0 Å². The van der Waals surface area contributed by atoms with Gasteiger partial charge in [0, 0.05) is 12.2 Å². The van der Waals surface area contributed by atoms with Crippen LogP contribution in [0.25, 0.3) is 0 Å². The molecule has 2 rings (SSSR count). The molecule has 1 aliphatic rings. The molecule has 1 aromatic carbocycles. The molecular weight excluding hydrogens is 196 g/mol. The number of rotatable bonds is 4. The van der Waals surface area contributed by atoms with Crippen molar-refractivity contribution in [3.05, 3.63) is 29.3 Å². The van der Waals surface area contributed by atoms with Gasteiger partial charge in [0.05, 0.1) is 0 Å². The summed E-state index contributed by atoms with van der Waals surface area (Å²) in [5.41, 5.74) is 10.1. The molecule has 1 saturated carbocycles. The normalized spacial score (nSPS) is 17.9. The standard InChI is InChI=1S/C14H22N2/c1-11-6-12(2)8-13(7-11)16-10-14(9-15)4-3-5-14/h6-8,16H,3-5,9-10,15H2,1-2H3. The number of aryl methyl sites for hydroxylation is 2. The lowest BCUT2D eigenvalue weighted by Crippen LogP contribution is -2.42. The molecular formula is C14H22N2. The van der Waals surface area contributed by atoms with E-state index in [1.165, 1.54) is 36.1 Å². The van der Waals surface area contributed by atoms with E-state index in [2.05, 4.69) is 37.4 Å². The molecule has 0 radical (unpaired) electrons. The summed E-state index contributed by atoms with van der Waals surface area (Å²) >= 11 is 0. The summed E-state index contributed by atoms with van der Waals surface area (Å²) in [6.45, 7) is 6.11. The molecule has 0 heterocycles. The molecule has 3 N–H and O–H groups in total. The Hall–Kier alpha value is -1.02. The van der Waals surface area contributed by atoms with Gasteiger partial charge < -0.3 is 11.1 Å². The fourth-order valence-electron chi connectivity index (χ4n) is 2.50. The lowest BCUT2D eigenvalue weighted by atomic mass is 9.69. The smallest absolute Gasteiger partial charge is 0.0345 e. The maximum absolute atomic E-state index is 5.85. The van der Waals surface area contributed by atoms with Crippen LogP contribution >= 0.6 is 0 Å². The molecule has 0 bridgehead atoms. The van der Waals surface area contributed by atoms with Crippen molar-refractivity contribution in [1.29, 1.82) is 0 Å². The van der Waals surface area contributed by atoms with Crippen LogP contribution in [-0.2, 0) is 0 Å². The van der Waals surface area contributed by atoms with Gasteiger partial charge in [-0.2, -0.15) is 0 Å². The molecule has 88 valence electrons. The molecule has 0 saturated heterocycles. The summed E-state index contributed by atoms with van der Waals surface area (Å²) in [5.74, 6) is 0. The fourth-order valence-corrected chi connectivity index (χ4v) is 2.50. The molecule has 0 amide bonds. The Kier molecular flexibility index (Phi) is 3.20. The summed E-state index contributed by atoms with van der Waals surface area (Å²) in [4.78, 5) is 0. The molecule has 2 heteroatoms. The number of hydrogen-bond donors (Lipinski definition) is 2. The number of benzene rings is 1. The Morgan fingerprint density at radius 1 is 1.19 bits per heavy atom. The van der Waals surface area contributed by atoms with Gasteiger partial charge in [-0.15, -0.1) is 0 Å². The summed E-state index contributed by atoms with van der Waals surface area (Å²) in [7, 11) is 0. The maximum atomic E-state index is 5.85. The number of nitrogens with one attached hydrogen (secondary N) is 1. The van der Waals surface area contributed by atoms with Crippen molar-refractivity contribution in [1.82, 2.24) is 0 Å². The van der Waals surface area contributed by atoms with Gasteiger partial charge in [-0.25, -0.2) is 0 Å². The lowest BCUT2D eigenvalue weighted by molar-refractivity contribution is 0.163. The highest BCUT2D eigenvalue weighted by Gasteiger charge is 2.35. The van der Waals surface area contributed by atoms with E-state index in [1.807, 2.05) is 0 Å². The fraction of sp³-hybridized carbons (Fsp3) is 0.571. The van der Waals surface area contributed by atoms with Crippen LogP contribution in [0.2, 0.25) is 0 Å². The third-order valence-corrected chi connectivity index (χ3v) is 3.74. The average molecular weight is 218 g/mol. The quantitative estimate of drug-likeness (QED) is 0.815. The van der Waals surface area contributed by atoms with Crippen molar-refractivity contribution >= 4 is 5.69 Å². The van der Waals surface area contributed by atoms with Gasteiger partial charge in [0.1, 0.15) is 0 Å². The van der Waals surface area contributed by atoms with E-state index in [4.69, 9.17) is 5.73 Å². The summed E-state index contributed by atoms with van der Waals surface area (Å²) in [6.07, 6.45) is 3.90. The topological polar surface area (TPSA) is 38.0 Å². The van der Waals surface area contributed by atoms with Crippen molar-refractivity contribution in [2.45, 2.75) is 33.1 Å². The lowest BCUT2D eigenvalue weighted by Gasteiger charge is -2.41. The Bertz CT molecular complexity index is 341. The van der Waals surface area contributed by atoms with Crippen molar-refractivity contribution in [3.8, 4) is 0 Å². The molecule has 1 fully saturated rings. The molecule has 0 atom stereocenters. The van der Waals surface area contributed by atoms with E-state index in [0.717, 1.165) is 13.1 Å². The molecule has 0 spiro atoms. The van der Waals surface area contributed by atoms with Crippen LogP contribution in [0.4, 0.5) is 5.69 Å². The highest BCUT2D eigenvalue weighted by atomic mass is 14.9. The predicted molar refractivity (Wildman–Crippen MR) is 69.7 cm³/mol. The monoisotopic (exact) mass is 218 g/mol. The molecule has 16 heavy (non-hydrogen) atoms. The van der Waals surface area contributed by atoms with E-state index in [9.17, 15) is 0 Å². The van der Waals surface area contributed by atoms with E-state index < -0.39 is 0 Å². The summed E-state index contributed by atoms with van der Waals surface area (Å²) in [6, 6.07) is 6.61. The molecule has 0 aromatic heterocycles. The number of hydrogen-bond acceptors (Lipinski definition) is 2. The minimum atomic E-state index is 0.373. The van der Waals surface area contributed by atoms with Crippen LogP contribution in [0.1, 0.15) is 30.4 Å². The predicted octanol–water partition coefficient (Wildman–Crippen LogP) is 2.84. The van der Waals surface area contributed by atoms with Gasteiger partial charge in [0.25, 0.3) is 0 Å². The van der Waals surface area contributed by atoms with Crippen LogP contribution in [0.5, 0.6) is 0 Å². The van der Waals surface area contributed by atoms with Crippen molar-refractivity contribution in [2.75, 3.05) is 18.4 Å². The first-order chi connectivity index (χ1) is 7.63. The zero-order valence-electron chi connectivity index (χ0n) is 10.3. The third kappa shape index (κ3) is 2.38. The van der Waals surface area contributed by atoms with Gasteiger partial charge in [-0.3, -0.25) is 0 Å². The van der Waals surface area contributed by atoms with Crippen LogP contribution in [0.15, 0.2) is 18.2 Å². The second-order valence-corrected chi connectivity index (χ2v) is 5.29. The van der Waals surface area contributed by atoms with E-state index >= 15 is 0 Å². The summed E-state index contributed by atoms with van der Waals surface area (Å²) < 4.78 is 0. The maximum Gasteiger partial charge on any atom is 0.0345 e. The zero-order valence-corrected chi connectivity index (χ0v) is 10.3. The van der Waals surface area contributed by atoms with Crippen LogP contribution in [0, 0.1) is 19.3 Å². The van der Waals surface area contributed by atoms with Crippen LogP contribution < -0.4 is 11.1 Å². The van der Waals surface area contributed by atoms with Gasteiger partial charge in [-0.05, 0) is 61.9 Å². The molecule has 0 unspecified atom stereocenters. The van der Waals surface area contributed by atoms with Crippen molar-refractivity contribution in [2.24, 2.45) is 11.1 Å². The number of nitrogens with two attached hydrogens (primary N) is 1. The van der Waals surface area contributed by atoms with Crippen LogP contribution in [0.3, 0.4) is 0 Å². The zero-order chi connectivity index (χ0) is 11.6. The third-order valence-electron chi connectivity index (χ3n) is 3.74. The average Bonchev–Trinajstić information content (AvgIpc) is 2.15. The van der Waals surface area contributed by atoms with Gasteiger partial charge in [0.2, 0.25) is 0 Å². The Morgan fingerprint density at radius 3 is 2.25 bits per heavy atom. The van der Waals surface area contributed by atoms with E-state index in [0.29, 0.717) is 5.41 Å². The first-order valence-electron chi connectivity index (χ1n) is 6.16. The Balaban J connectivity index is 1.98. The second kappa shape index (κ2) is 4.46. The molecule has 2 nitrogen and oxygen atoms in total. The highest BCUT2D eigenvalue weighted by Crippen LogP contribution is 2.39. The first kappa shape index (κ1) is 11.5. The first-order valence-corrected chi connectivity index (χ1v) is 6.16. The van der Waals surface area contributed by atoms with Gasteiger partial charge >= 0.3 is 0 Å². The minimum absolute atomic E-state index is 0.373. The highest BCUT2D eigenvalue weighted by molar-refractivity contribution is 5.48. The molecule has 1 aromatic rings. The van der Waals surface area contributed by atoms with Gasteiger partial charge in [-0.1, -0.05) is 12.5 Å².